The lowest BCUT2D eigenvalue weighted by molar-refractivity contribution is 0.0751. The van der Waals surface area contributed by atoms with E-state index >= 15 is 4.39 Å². The van der Waals surface area contributed by atoms with E-state index in [4.69, 9.17) is 16.4 Å². The molecular weight excluding hydrogens is 441 g/mol. The topological polar surface area (TPSA) is 88.6 Å². The van der Waals surface area contributed by atoms with Crippen LogP contribution in [0.1, 0.15) is 10.4 Å². The summed E-state index contributed by atoms with van der Waals surface area (Å²) in [7, 11) is -1.73. The summed E-state index contributed by atoms with van der Waals surface area (Å²) in [6.45, 7) is 0. The maximum Gasteiger partial charge on any atom is 0.283 e. The highest BCUT2D eigenvalue weighted by molar-refractivity contribution is 7.89. The van der Waals surface area contributed by atoms with Crippen molar-refractivity contribution in [1.82, 2.24) is 14.8 Å². The summed E-state index contributed by atoms with van der Waals surface area (Å²) in [6.07, 6.45) is 1.45. The lowest BCUT2D eigenvalue weighted by atomic mass is 10.2. The average molecular weight is 456 g/mol. The van der Waals surface area contributed by atoms with E-state index in [1.165, 1.54) is 32.4 Å². The van der Waals surface area contributed by atoms with E-state index in [0.29, 0.717) is 0 Å². The standard InChI is InChI=1S/C18H15ClFN3O4S2/c1-23(2)29(25,26)16-14(18-21-8-9-28-18)12(19)10-13(15(16)20)27-22-17(24)11-6-4-3-5-7-11/h3-10H,1-2H3,(H,22,24). The van der Waals surface area contributed by atoms with Crippen LogP contribution in [-0.2, 0) is 10.0 Å². The minimum atomic E-state index is -4.25. The summed E-state index contributed by atoms with van der Waals surface area (Å²) < 4.78 is 41.7. The van der Waals surface area contributed by atoms with Gasteiger partial charge in [0.15, 0.2) is 11.6 Å². The number of hydrogen-bond donors (Lipinski definition) is 1. The van der Waals surface area contributed by atoms with Gasteiger partial charge in [-0.3, -0.25) is 4.79 Å². The molecule has 0 fully saturated rings. The second-order valence-corrected chi connectivity index (χ2v) is 9.29. The predicted octanol–water partition coefficient (Wildman–Crippen LogP) is 3.58. The number of aromatic nitrogens is 1. The first-order valence-corrected chi connectivity index (χ1v) is 10.8. The number of thiazole rings is 1. The normalized spacial score (nSPS) is 11.5. The highest BCUT2D eigenvalue weighted by Gasteiger charge is 2.32. The van der Waals surface area contributed by atoms with Crippen molar-refractivity contribution in [3.05, 3.63) is 64.4 Å². The number of nitrogens with one attached hydrogen (secondary N) is 1. The Balaban J connectivity index is 2.06. The van der Waals surface area contributed by atoms with E-state index in [1.807, 2.05) is 0 Å². The Morgan fingerprint density at radius 1 is 1.28 bits per heavy atom. The minimum absolute atomic E-state index is 0.0744. The Morgan fingerprint density at radius 3 is 2.55 bits per heavy atom. The molecule has 1 aromatic heterocycles. The van der Waals surface area contributed by atoms with E-state index < -0.39 is 32.4 Å². The fourth-order valence-corrected chi connectivity index (χ4v) is 4.69. The van der Waals surface area contributed by atoms with Gasteiger partial charge in [0.05, 0.1) is 10.6 Å². The molecule has 0 aliphatic heterocycles. The molecule has 0 unspecified atom stereocenters. The summed E-state index contributed by atoms with van der Waals surface area (Å²) in [5.41, 5.74) is 2.29. The summed E-state index contributed by atoms with van der Waals surface area (Å²) in [5.74, 6) is -2.37. The van der Waals surface area contributed by atoms with Crippen LogP contribution >= 0.6 is 22.9 Å². The van der Waals surface area contributed by atoms with Crippen molar-refractivity contribution < 1.29 is 22.4 Å². The Hall–Kier alpha value is -2.53. The summed E-state index contributed by atoms with van der Waals surface area (Å²) in [6, 6.07) is 9.19. The third-order valence-corrected chi connectivity index (χ3v) is 6.76. The zero-order chi connectivity index (χ0) is 21.2. The average Bonchev–Trinajstić information content (AvgIpc) is 3.22. The summed E-state index contributed by atoms with van der Waals surface area (Å²) in [4.78, 5) is 20.5. The second kappa shape index (κ2) is 8.46. The first-order chi connectivity index (χ1) is 13.7. The quantitative estimate of drug-likeness (QED) is 0.574. The van der Waals surface area contributed by atoms with Crippen LogP contribution in [0.2, 0.25) is 5.02 Å². The molecule has 0 saturated heterocycles. The predicted molar refractivity (Wildman–Crippen MR) is 108 cm³/mol. The zero-order valence-corrected chi connectivity index (χ0v) is 17.6. The number of nitrogens with zero attached hydrogens (tertiary/aromatic N) is 2. The van der Waals surface area contributed by atoms with Crippen LogP contribution in [0.15, 0.2) is 52.9 Å². The molecule has 0 radical (unpaired) electrons. The third kappa shape index (κ3) is 4.25. The van der Waals surface area contributed by atoms with Crippen LogP contribution in [0.25, 0.3) is 10.6 Å². The Morgan fingerprint density at radius 2 is 1.97 bits per heavy atom. The number of benzene rings is 2. The number of hydrogen-bond acceptors (Lipinski definition) is 6. The van der Waals surface area contributed by atoms with Gasteiger partial charge in [0.25, 0.3) is 5.91 Å². The lowest BCUT2D eigenvalue weighted by Crippen LogP contribution is -2.28. The smallest absolute Gasteiger partial charge is 0.283 e. The van der Waals surface area contributed by atoms with Gasteiger partial charge < -0.3 is 4.84 Å². The van der Waals surface area contributed by atoms with Crippen molar-refractivity contribution in [1.29, 1.82) is 0 Å². The van der Waals surface area contributed by atoms with E-state index in [2.05, 4.69) is 10.5 Å². The van der Waals surface area contributed by atoms with Gasteiger partial charge in [-0.1, -0.05) is 29.8 Å². The lowest BCUT2D eigenvalue weighted by Gasteiger charge is -2.18. The van der Waals surface area contributed by atoms with Gasteiger partial charge in [-0.15, -0.1) is 11.3 Å². The van der Waals surface area contributed by atoms with Gasteiger partial charge in [0.1, 0.15) is 9.90 Å². The van der Waals surface area contributed by atoms with Crippen LogP contribution < -0.4 is 10.3 Å². The van der Waals surface area contributed by atoms with Crippen molar-refractivity contribution in [3.8, 4) is 16.3 Å². The Labute approximate surface area is 175 Å². The number of carbonyl (C=O) groups is 1. The largest absolute Gasteiger partial charge is 0.376 e. The molecule has 29 heavy (non-hydrogen) atoms. The number of halogens is 2. The fraction of sp³-hybridized carbons (Fsp3) is 0.111. The van der Waals surface area contributed by atoms with E-state index in [1.54, 1.807) is 23.6 Å². The van der Waals surface area contributed by atoms with Crippen LogP contribution in [0.4, 0.5) is 4.39 Å². The molecule has 0 saturated carbocycles. The van der Waals surface area contributed by atoms with Gasteiger partial charge in [-0.25, -0.2) is 22.1 Å². The highest BCUT2D eigenvalue weighted by Crippen LogP contribution is 2.41. The van der Waals surface area contributed by atoms with Gasteiger partial charge in [-0.05, 0) is 12.1 Å². The molecule has 1 N–H and O–H groups in total. The number of carbonyl (C=O) groups excluding carboxylic acids is 1. The fourth-order valence-electron chi connectivity index (χ4n) is 2.38. The van der Waals surface area contributed by atoms with Gasteiger partial charge in [0.2, 0.25) is 10.0 Å². The monoisotopic (exact) mass is 455 g/mol. The van der Waals surface area contributed by atoms with Gasteiger partial charge >= 0.3 is 0 Å². The molecule has 11 heteroatoms. The van der Waals surface area contributed by atoms with E-state index in [0.717, 1.165) is 21.7 Å². The number of amides is 1. The third-order valence-electron chi connectivity index (χ3n) is 3.81. The Bertz CT molecular complexity index is 1140. The molecule has 7 nitrogen and oxygen atoms in total. The van der Waals surface area contributed by atoms with Crippen LogP contribution in [0.5, 0.6) is 5.75 Å². The number of sulfonamides is 1. The molecule has 0 atom stereocenters. The molecule has 3 aromatic rings. The maximum atomic E-state index is 15.2. The number of rotatable bonds is 6. The van der Waals surface area contributed by atoms with Crippen molar-refractivity contribution in [2.45, 2.75) is 4.90 Å². The van der Waals surface area contributed by atoms with Crippen molar-refractivity contribution in [2.75, 3.05) is 14.1 Å². The molecule has 3 rings (SSSR count). The van der Waals surface area contributed by atoms with Crippen LogP contribution in [0, 0.1) is 5.82 Å². The molecule has 2 aromatic carbocycles. The van der Waals surface area contributed by atoms with Gasteiger partial charge in [-0.2, -0.15) is 5.48 Å². The van der Waals surface area contributed by atoms with E-state index in [9.17, 15) is 13.2 Å². The molecule has 1 amide bonds. The van der Waals surface area contributed by atoms with Crippen LogP contribution in [0.3, 0.4) is 0 Å². The van der Waals surface area contributed by atoms with Crippen LogP contribution in [-0.4, -0.2) is 37.7 Å². The minimum Gasteiger partial charge on any atom is -0.376 e. The molecule has 0 aliphatic carbocycles. The van der Waals surface area contributed by atoms with Gasteiger partial charge in [0, 0.05) is 37.3 Å². The molecule has 0 spiro atoms. The second-order valence-electron chi connectivity index (χ2n) is 5.90. The highest BCUT2D eigenvalue weighted by atomic mass is 35.5. The Kier molecular flexibility index (Phi) is 6.18. The first kappa shape index (κ1) is 21.2. The number of hydroxylamine groups is 1. The molecular formula is C18H15ClFN3O4S2. The molecule has 1 heterocycles. The summed E-state index contributed by atoms with van der Waals surface area (Å²) in [5, 5.41) is 1.75. The zero-order valence-electron chi connectivity index (χ0n) is 15.2. The first-order valence-electron chi connectivity index (χ1n) is 8.10. The van der Waals surface area contributed by atoms with E-state index in [-0.39, 0.29) is 21.2 Å². The molecule has 0 bridgehead atoms. The SMILES string of the molecule is CN(C)S(=O)(=O)c1c(F)c(ONC(=O)c2ccccc2)cc(Cl)c1-c1nccs1. The van der Waals surface area contributed by atoms with Crippen molar-refractivity contribution in [3.63, 3.8) is 0 Å². The van der Waals surface area contributed by atoms with Crippen molar-refractivity contribution in [2.24, 2.45) is 0 Å². The maximum absolute atomic E-state index is 15.2. The van der Waals surface area contributed by atoms with Crippen molar-refractivity contribution >= 4 is 38.9 Å². The molecule has 152 valence electrons. The molecule has 0 aliphatic rings. The summed E-state index contributed by atoms with van der Waals surface area (Å²) >= 11 is 7.37.